The Morgan fingerprint density at radius 2 is 1.79 bits per heavy atom. The number of aromatic hydroxyl groups is 1. The maximum Gasteiger partial charge on any atom is 0.573 e. The molecule has 0 heterocycles. The molecule has 0 unspecified atom stereocenters. The molecule has 0 aliphatic heterocycles. The Labute approximate surface area is 140 Å². The summed E-state index contributed by atoms with van der Waals surface area (Å²) in [5.74, 6) is -1.01. The van der Waals surface area contributed by atoms with Gasteiger partial charge in [0.2, 0.25) is 0 Å². The number of amides is 1. The normalized spacial score (nSPS) is 10.8. The summed E-state index contributed by atoms with van der Waals surface area (Å²) in [5, 5.41) is 14.4. The maximum absolute atomic E-state index is 12.1. The number of carbonyl (C=O) groups is 1. The Morgan fingerprint density at radius 1 is 1.12 bits per heavy atom. The Morgan fingerprint density at radius 3 is 2.38 bits per heavy atom. The number of phenolic OH excluding ortho intramolecular Hbond substituents is 1. The van der Waals surface area contributed by atoms with Crippen molar-refractivity contribution in [2.75, 3.05) is 5.32 Å². The molecule has 2 aromatic rings. The predicted octanol–water partition coefficient (Wildman–Crippen LogP) is 3.42. The van der Waals surface area contributed by atoms with Crippen LogP contribution in [-0.4, -0.2) is 22.5 Å². The largest absolute Gasteiger partial charge is 0.573 e. The molecule has 0 radical (unpaired) electrons. The number of ether oxygens (including phenoxy) is 1. The zero-order chi connectivity index (χ0) is 17.7. The number of anilines is 1. The molecule has 0 saturated heterocycles. The van der Waals surface area contributed by atoms with Gasteiger partial charge >= 0.3 is 6.36 Å². The third kappa shape index (κ3) is 5.43. The number of alkyl halides is 3. The van der Waals surface area contributed by atoms with E-state index in [2.05, 4.69) is 15.4 Å². The van der Waals surface area contributed by atoms with E-state index in [-0.39, 0.29) is 16.4 Å². The minimum Gasteiger partial charge on any atom is -0.508 e. The van der Waals surface area contributed by atoms with Crippen LogP contribution in [0, 0.1) is 0 Å². The van der Waals surface area contributed by atoms with Crippen LogP contribution in [0.3, 0.4) is 0 Å². The van der Waals surface area contributed by atoms with Gasteiger partial charge in [-0.05, 0) is 48.6 Å². The average Bonchev–Trinajstić information content (AvgIpc) is 2.46. The van der Waals surface area contributed by atoms with Crippen molar-refractivity contribution < 1.29 is 27.8 Å². The number of hydrogen-bond acceptors (Lipinski definition) is 4. The third-order valence-corrected chi connectivity index (χ3v) is 2.89. The van der Waals surface area contributed by atoms with Gasteiger partial charge in [-0.15, -0.1) is 13.2 Å². The SMILES string of the molecule is O=C(NC(=S)Nc1cccc(O)c1)c1ccc(OC(F)(F)F)cc1. The highest BCUT2D eigenvalue weighted by Gasteiger charge is 2.31. The van der Waals surface area contributed by atoms with Gasteiger partial charge in [0.25, 0.3) is 5.91 Å². The van der Waals surface area contributed by atoms with Gasteiger partial charge in [-0.1, -0.05) is 6.07 Å². The van der Waals surface area contributed by atoms with Crippen molar-refractivity contribution in [3.05, 3.63) is 54.1 Å². The second-order valence-electron chi connectivity index (χ2n) is 4.53. The van der Waals surface area contributed by atoms with Gasteiger partial charge in [-0.25, -0.2) is 0 Å². The zero-order valence-corrected chi connectivity index (χ0v) is 12.7. The van der Waals surface area contributed by atoms with Gasteiger partial charge < -0.3 is 15.2 Å². The van der Waals surface area contributed by atoms with Crippen molar-refractivity contribution >= 4 is 28.9 Å². The molecule has 0 bridgehead atoms. The van der Waals surface area contributed by atoms with Crippen molar-refractivity contribution in [1.29, 1.82) is 0 Å². The van der Waals surface area contributed by atoms with Crippen molar-refractivity contribution in [2.24, 2.45) is 0 Å². The van der Waals surface area contributed by atoms with E-state index in [0.717, 1.165) is 12.1 Å². The lowest BCUT2D eigenvalue weighted by Gasteiger charge is -2.11. The second-order valence-corrected chi connectivity index (χ2v) is 4.94. The van der Waals surface area contributed by atoms with Gasteiger partial charge in [0.05, 0.1) is 0 Å². The maximum atomic E-state index is 12.1. The standard InChI is InChI=1S/C15H11F3N2O3S/c16-15(17,18)23-12-6-4-9(5-7-12)13(22)20-14(24)19-10-2-1-3-11(21)8-10/h1-8,21H,(H2,19,20,22,24). The van der Waals surface area contributed by atoms with Crippen LogP contribution < -0.4 is 15.4 Å². The highest BCUT2D eigenvalue weighted by molar-refractivity contribution is 7.80. The molecule has 24 heavy (non-hydrogen) atoms. The number of benzene rings is 2. The molecule has 0 aromatic heterocycles. The number of carbonyl (C=O) groups excluding carboxylic acids is 1. The molecule has 0 fully saturated rings. The van der Waals surface area contributed by atoms with Crippen LogP contribution in [-0.2, 0) is 0 Å². The lowest BCUT2D eigenvalue weighted by molar-refractivity contribution is -0.274. The Balaban J connectivity index is 1.95. The molecule has 2 aromatic carbocycles. The number of phenols is 1. The van der Waals surface area contributed by atoms with Crippen LogP contribution in [0.25, 0.3) is 0 Å². The van der Waals surface area contributed by atoms with Crippen molar-refractivity contribution in [1.82, 2.24) is 5.32 Å². The number of rotatable bonds is 3. The van der Waals surface area contributed by atoms with Crippen LogP contribution in [0.15, 0.2) is 48.5 Å². The van der Waals surface area contributed by atoms with Crippen LogP contribution in [0.4, 0.5) is 18.9 Å². The number of thiocarbonyl (C=S) groups is 1. The van der Waals surface area contributed by atoms with Gasteiger partial charge in [0.1, 0.15) is 11.5 Å². The van der Waals surface area contributed by atoms with Crippen molar-refractivity contribution in [3.63, 3.8) is 0 Å². The molecule has 1 amide bonds. The Kier molecular flexibility index (Phi) is 5.24. The summed E-state index contributed by atoms with van der Waals surface area (Å²) in [5.41, 5.74) is 0.568. The van der Waals surface area contributed by atoms with Gasteiger partial charge in [0, 0.05) is 17.3 Å². The molecular weight excluding hydrogens is 345 g/mol. The first-order valence-electron chi connectivity index (χ1n) is 6.50. The molecule has 5 nitrogen and oxygen atoms in total. The molecule has 0 spiro atoms. The van der Waals surface area contributed by atoms with Crippen LogP contribution in [0.1, 0.15) is 10.4 Å². The van der Waals surface area contributed by atoms with Gasteiger partial charge in [0.15, 0.2) is 5.11 Å². The van der Waals surface area contributed by atoms with Crippen LogP contribution in [0.2, 0.25) is 0 Å². The summed E-state index contributed by atoms with van der Waals surface area (Å²) in [7, 11) is 0. The Bertz CT molecular complexity index is 748. The molecule has 2 rings (SSSR count). The van der Waals surface area contributed by atoms with E-state index < -0.39 is 18.0 Å². The van der Waals surface area contributed by atoms with Crippen molar-refractivity contribution in [2.45, 2.75) is 6.36 Å². The molecule has 0 aliphatic carbocycles. The lowest BCUT2D eigenvalue weighted by atomic mass is 10.2. The highest BCUT2D eigenvalue weighted by Crippen LogP contribution is 2.22. The van der Waals surface area contributed by atoms with Crippen molar-refractivity contribution in [3.8, 4) is 11.5 Å². The molecule has 3 N–H and O–H groups in total. The number of nitrogens with one attached hydrogen (secondary N) is 2. The summed E-state index contributed by atoms with van der Waals surface area (Å²) in [6, 6.07) is 10.5. The lowest BCUT2D eigenvalue weighted by Crippen LogP contribution is -2.34. The molecule has 9 heteroatoms. The van der Waals surface area contributed by atoms with E-state index >= 15 is 0 Å². The minimum absolute atomic E-state index is 0.0226. The quantitative estimate of drug-likeness (QED) is 0.735. The van der Waals surface area contributed by atoms with E-state index in [1.807, 2.05) is 0 Å². The van der Waals surface area contributed by atoms with Crippen LogP contribution in [0.5, 0.6) is 11.5 Å². The fourth-order valence-corrected chi connectivity index (χ4v) is 1.94. The molecule has 0 saturated carbocycles. The van der Waals surface area contributed by atoms with E-state index in [0.29, 0.717) is 5.69 Å². The summed E-state index contributed by atoms with van der Waals surface area (Å²) >= 11 is 4.95. The summed E-state index contributed by atoms with van der Waals surface area (Å²) in [6.07, 6.45) is -4.80. The van der Waals surface area contributed by atoms with E-state index in [1.54, 1.807) is 12.1 Å². The molecule has 126 valence electrons. The van der Waals surface area contributed by atoms with E-state index in [1.165, 1.54) is 24.3 Å². The first-order chi connectivity index (χ1) is 11.2. The average molecular weight is 356 g/mol. The fraction of sp³-hybridized carbons (Fsp3) is 0.0667. The smallest absolute Gasteiger partial charge is 0.508 e. The highest BCUT2D eigenvalue weighted by atomic mass is 32.1. The predicted molar refractivity (Wildman–Crippen MR) is 84.9 cm³/mol. The Hall–Kier alpha value is -2.81. The fourth-order valence-electron chi connectivity index (χ4n) is 1.73. The van der Waals surface area contributed by atoms with Gasteiger partial charge in [-0.3, -0.25) is 10.1 Å². The number of hydrogen-bond donors (Lipinski definition) is 3. The molecule has 0 atom stereocenters. The first-order valence-corrected chi connectivity index (χ1v) is 6.91. The first kappa shape index (κ1) is 17.5. The topological polar surface area (TPSA) is 70.6 Å². The van der Waals surface area contributed by atoms with Gasteiger partial charge in [-0.2, -0.15) is 0 Å². The molecular formula is C15H11F3N2O3S. The zero-order valence-electron chi connectivity index (χ0n) is 11.9. The summed E-state index contributed by atoms with van der Waals surface area (Å²) < 4.78 is 39.9. The summed E-state index contributed by atoms with van der Waals surface area (Å²) in [6.45, 7) is 0. The van der Waals surface area contributed by atoms with E-state index in [4.69, 9.17) is 12.2 Å². The summed E-state index contributed by atoms with van der Waals surface area (Å²) in [4.78, 5) is 12.0. The van der Waals surface area contributed by atoms with Crippen LogP contribution >= 0.6 is 12.2 Å². The second kappa shape index (κ2) is 7.18. The van der Waals surface area contributed by atoms with E-state index in [9.17, 15) is 23.1 Å². The number of halogens is 3. The third-order valence-electron chi connectivity index (χ3n) is 2.68. The monoisotopic (exact) mass is 356 g/mol. The molecule has 0 aliphatic rings. The minimum atomic E-state index is -4.80.